The molecule has 0 radical (unpaired) electrons. The molecule has 0 unspecified atom stereocenters. The first-order valence-corrected chi connectivity index (χ1v) is 11.2. The third-order valence-corrected chi connectivity index (χ3v) is 6.98. The van der Waals surface area contributed by atoms with E-state index in [-0.39, 0.29) is 14.4 Å². The average Bonchev–Trinajstić information content (AvgIpc) is 3.00. The minimum absolute atomic E-state index is 0. The summed E-state index contributed by atoms with van der Waals surface area (Å²) in [6.07, 6.45) is -7.05. The molecule has 0 bridgehead atoms. The molecule has 20 heteroatoms. The molecule has 0 aromatic heterocycles. The topological polar surface area (TPSA) is 0 Å². The van der Waals surface area contributed by atoms with E-state index in [1.807, 2.05) is 0 Å². The van der Waals surface area contributed by atoms with Crippen LogP contribution in [0.4, 0.5) is 83.4 Å². The van der Waals surface area contributed by atoms with Crippen LogP contribution >= 0.6 is 0 Å². The molecule has 46 heavy (non-hydrogen) atoms. The molecule has 0 N–H and O–H groups in total. The van der Waals surface area contributed by atoms with Gasteiger partial charge in [0.2, 0.25) is 0 Å². The van der Waals surface area contributed by atoms with Crippen LogP contribution in [0, 0.1) is 125 Å². The second-order valence-electron chi connectivity index (χ2n) is 9.11. The van der Waals surface area contributed by atoms with Gasteiger partial charge in [0, 0.05) is 13.0 Å². The fourth-order valence-electron chi connectivity index (χ4n) is 5.01. The van der Waals surface area contributed by atoms with Crippen molar-refractivity contribution in [2.24, 2.45) is 0 Å². The van der Waals surface area contributed by atoms with Crippen LogP contribution in [-0.4, -0.2) is 6.15 Å². The molecule has 0 aliphatic carbocycles. The van der Waals surface area contributed by atoms with Gasteiger partial charge in [0.25, 0.3) is 0 Å². The Hall–Kier alpha value is -4.52. The minimum Gasteiger partial charge on any atom is -0.207 e. The Labute approximate surface area is 242 Å². The molecule has 4 aromatic carbocycles. The van der Waals surface area contributed by atoms with Gasteiger partial charge in [0.15, 0.2) is 64.0 Å². The molecule has 0 amide bonds. The molecule has 0 aliphatic rings. The number of benzene rings is 4. The fourth-order valence-corrected chi connectivity index (χ4v) is 5.01. The molecule has 0 nitrogen and oxygen atoms in total. The molecular weight excluding hydrogens is 684 g/mol. The second-order valence-corrected chi connectivity index (χ2v) is 9.11. The average molecular weight is 690 g/mol. The fraction of sp³-hybridized carbons (Fsp3) is 0.0385. The highest BCUT2D eigenvalue weighted by Gasteiger charge is 2.52. The Morgan fingerprint density at radius 2 is 0.370 bits per heavy atom. The van der Waals surface area contributed by atoms with Crippen molar-refractivity contribution in [2.45, 2.75) is 6.92 Å². The lowest BCUT2D eigenvalue weighted by Crippen LogP contribution is -2.81. The molecule has 246 valence electrons. The Morgan fingerprint density at radius 1 is 0.239 bits per heavy atom. The van der Waals surface area contributed by atoms with E-state index >= 15 is 35.1 Å². The monoisotopic (exact) mass is 690 g/mol. The van der Waals surface area contributed by atoms with Crippen LogP contribution in [-0.2, 0) is 0 Å². The van der Waals surface area contributed by atoms with Crippen LogP contribution in [0.25, 0.3) is 0 Å². The largest absolute Gasteiger partial charge is 0.207 e. The van der Waals surface area contributed by atoms with Crippen molar-refractivity contribution in [1.82, 2.24) is 0 Å². The summed E-state index contributed by atoms with van der Waals surface area (Å²) in [5.41, 5.74) is -15.6. The van der Waals surface area contributed by atoms with Crippen LogP contribution in [0.15, 0.2) is 0 Å². The van der Waals surface area contributed by atoms with E-state index in [0.29, 0.717) is 0 Å². The Bertz CT molecular complexity index is 1570. The number of halogens is 19. The van der Waals surface area contributed by atoms with Crippen LogP contribution in [0.5, 0.6) is 0 Å². The van der Waals surface area contributed by atoms with E-state index < -0.39 is 144 Å². The minimum atomic E-state index is -7.05. The number of hydrogen-bond donors (Lipinski definition) is 0. The molecule has 0 saturated carbocycles. The summed E-state index contributed by atoms with van der Waals surface area (Å²) in [6, 6.07) is 0. The first-order valence-electron chi connectivity index (χ1n) is 11.2. The third kappa shape index (κ3) is 4.38. The highest BCUT2D eigenvalue weighted by molar-refractivity contribution is 7.20. The van der Waals surface area contributed by atoms with Gasteiger partial charge >= 0.3 is 0 Å². The molecule has 0 atom stereocenters. The van der Waals surface area contributed by atoms with Gasteiger partial charge in [-0.3, -0.25) is 0 Å². The van der Waals surface area contributed by atoms with Gasteiger partial charge in [-0.25, -0.2) is 83.4 Å². The second kappa shape index (κ2) is 11.7. The van der Waals surface area contributed by atoms with Gasteiger partial charge in [-0.2, -0.15) is 0 Å². The van der Waals surface area contributed by atoms with Gasteiger partial charge in [0.1, 0.15) is 52.7 Å². The van der Waals surface area contributed by atoms with Crippen molar-refractivity contribution in [2.75, 3.05) is 0 Å². The van der Waals surface area contributed by atoms with Crippen LogP contribution in [0.3, 0.4) is 0 Å². The predicted molar refractivity (Wildman–Crippen MR) is 120 cm³/mol. The molecule has 0 heterocycles. The van der Waals surface area contributed by atoms with E-state index in [4.69, 9.17) is 0 Å². The number of hydrogen-bond acceptors (Lipinski definition) is 0. The summed E-state index contributed by atoms with van der Waals surface area (Å²) in [6.45, 7) is 0.143. The normalized spacial score (nSPS) is 11.7. The zero-order valence-corrected chi connectivity index (χ0v) is 21.8. The van der Waals surface area contributed by atoms with Crippen molar-refractivity contribution in [1.29, 1.82) is 0 Å². The van der Waals surface area contributed by atoms with E-state index in [2.05, 4.69) is 0 Å². The quantitative estimate of drug-likeness (QED) is 0.0759. The molecule has 4 rings (SSSR count). The Balaban J connectivity index is 0.00000576. The van der Waals surface area contributed by atoms with Gasteiger partial charge in [-0.05, 0) is 6.92 Å². The standard InChI is InChI=1S/C25H3BF19.CH3/c1-2-7(27)9(29)3(10(30)8(2)28)26(4-11(31)17(37)23(43)18(38)12(4)32,5-13(33)19(39)24(44)20(40)14(5)34)6-15(35)21(41)25(45)22(42)16(6)36;/h1H3;1H3/q-1;+1. The maximum atomic E-state index is 15.6. The van der Waals surface area contributed by atoms with Crippen LogP contribution in [0.2, 0.25) is 0 Å². The lowest BCUT2D eigenvalue weighted by Gasteiger charge is -2.45. The van der Waals surface area contributed by atoms with Crippen LogP contribution in [0.1, 0.15) is 5.56 Å². The van der Waals surface area contributed by atoms with Crippen molar-refractivity contribution >= 4 is 28.0 Å². The highest BCUT2D eigenvalue weighted by atomic mass is 19.2. The first-order chi connectivity index (χ1) is 20.7. The molecule has 0 aliphatic heterocycles. The third-order valence-electron chi connectivity index (χ3n) is 6.98. The summed E-state index contributed by atoms with van der Waals surface area (Å²) in [5, 5.41) is 0. The molecule has 0 saturated heterocycles. The maximum absolute atomic E-state index is 15.6. The smallest absolute Gasteiger partial charge is 0.200 e. The summed E-state index contributed by atoms with van der Waals surface area (Å²) < 4.78 is 282. The van der Waals surface area contributed by atoms with Crippen molar-refractivity contribution in [3.8, 4) is 0 Å². The molecule has 0 spiro atoms. The van der Waals surface area contributed by atoms with E-state index in [0.717, 1.165) is 0 Å². The molecular formula is C26H6BF19. The summed E-state index contributed by atoms with van der Waals surface area (Å²) in [4.78, 5) is 0. The van der Waals surface area contributed by atoms with Gasteiger partial charge in [0.05, 0.1) is 0 Å². The van der Waals surface area contributed by atoms with E-state index in [9.17, 15) is 48.3 Å². The zero-order chi connectivity index (χ0) is 34.4. The van der Waals surface area contributed by atoms with Crippen molar-refractivity contribution in [3.63, 3.8) is 0 Å². The van der Waals surface area contributed by atoms with Crippen molar-refractivity contribution in [3.05, 3.63) is 124 Å². The zero-order valence-electron chi connectivity index (χ0n) is 21.8. The summed E-state index contributed by atoms with van der Waals surface area (Å²) >= 11 is 0. The maximum Gasteiger partial charge on any atom is 0.200 e. The first kappa shape index (κ1) is 36.0. The lowest BCUT2D eigenvalue weighted by atomic mass is 9.12. The van der Waals surface area contributed by atoms with Gasteiger partial charge < -0.3 is 0 Å². The SMILES string of the molecule is Cc1c(F)c(F)c([B-](c2c(F)c(F)c(F)c(F)c2F)(c2c(F)c(F)c(F)c(F)c2F)c2c(F)c(F)c(F)c(F)c2F)c(F)c1F.[CH3+]. The predicted octanol–water partition coefficient (Wildman–Crippen LogP) is 6.47. The molecule has 4 aromatic rings. The summed E-state index contributed by atoms with van der Waals surface area (Å²) in [7, 11) is 0. The summed E-state index contributed by atoms with van der Waals surface area (Å²) in [5.74, 6) is -64.8. The van der Waals surface area contributed by atoms with E-state index in [1.54, 1.807) is 0 Å². The van der Waals surface area contributed by atoms with Gasteiger partial charge in [-0.15, -0.1) is 21.9 Å². The molecule has 0 fully saturated rings. The van der Waals surface area contributed by atoms with Crippen molar-refractivity contribution < 1.29 is 83.4 Å². The van der Waals surface area contributed by atoms with Crippen LogP contribution < -0.4 is 21.9 Å². The Morgan fingerprint density at radius 3 is 0.543 bits per heavy atom. The lowest BCUT2D eigenvalue weighted by molar-refractivity contribution is 0.379. The Kier molecular flexibility index (Phi) is 9.14. The van der Waals surface area contributed by atoms with E-state index in [1.165, 1.54) is 0 Å². The number of rotatable bonds is 4. The van der Waals surface area contributed by atoms with Gasteiger partial charge in [-0.1, -0.05) is 0 Å². The highest BCUT2D eigenvalue weighted by Crippen LogP contribution is 2.30.